The van der Waals surface area contributed by atoms with Crippen molar-refractivity contribution in [2.24, 2.45) is 0 Å². The monoisotopic (exact) mass is 305 g/mol. The Kier molecular flexibility index (Phi) is 5.22. The molecule has 1 aliphatic heterocycles. The van der Waals surface area contributed by atoms with Gasteiger partial charge in [0.25, 0.3) is 0 Å². The van der Waals surface area contributed by atoms with Crippen molar-refractivity contribution in [1.29, 1.82) is 5.26 Å². The molecule has 0 N–H and O–H groups in total. The van der Waals surface area contributed by atoms with Gasteiger partial charge in [-0.2, -0.15) is 5.26 Å². The third-order valence-electron chi connectivity index (χ3n) is 2.89. The third kappa shape index (κ3) is 3.48. The normalized spacial score (nSPS) is 12.7. The number of hydrogen-bond donors (Lipinski definition) is 0. The van der Waals surface area contributed by atoms with E-state index in [0.717, 1.165) is 0 Å². The summed E-state index contributed by atoms with van der Waals surface area (Å²) in [5.74, 6) is 0.813. The summed E-state index contributed by atoms with van der Waals surface area (Å²) in [5, 5.41) is 9.12. The lowest BCUT2D eigenvalue weighted by molar-refractivity contribution is -0.139. The third-order valence-corrected chi connectivity index (χ3v) is 2.89. The topological polar surface area (TPSA) is 87.0 Å². The number of fused-ring (bicyclic) bond motifs is 1. The highest BCUT2D eigenvalue weighted by Gasteiger charge is 2.19. The molecular formula is C15H15NO6. The summed E-state index contributed by atoms with van der Waals surface area (Å²) >= 11 is 0. The number of carbonyl (C=O) groups excluding carboxylic acids is 1. The molecule has 0 atom stereocenters. The van der Waals surface area contributed by atoms with Crippen molar-refractivity contribution in [1.82, 2.24) is 0 Å². The zero-order valence-electron chi connectivity index (χ0n) is 12.3. The molecule has 1 aliphatic rings. The number of nitrogens with zero attached hydrogens (tertiary/aromatic N) is 1. The summed E-state index contributed by atoms with van der Waals surface area (Å²) in [6.07, 6.45) is 1.38. The SMILES string of the molecule is COCCOC(=O)/C(C#N)=C\c1cc2c(cc1OC)OCO2. The molecule has 7 nitrogen and oxygen atoms in total. The van der Waals surface area contributed by atoms with Crippen molar-refractivity contribution in [3.63, 3.8) is 0 Å². The number of ether oxygens (including phenoxy) is 5. The lowest BCUT2D eigenvalue weighted by Gasteiger charge is -2.07. The van der Waals surface area contributed by atoms with E-state index in [-0.39, 0.29) is 25.6 Å². The molecule has 2 rings (SSSR count). The Labute approximate surface area is 127 Å². The first-order chi connectivity index (χ1) is 10.7. The van der Waals surface area contributed by atoms with Crippen molar-refractivity contribution in [2.75, 3.05) is 34.2 Å². The summed E-state index contributed by atoms with van der Waals surface area (Å²) in [7, 11) is 2.98. The average molecular weight is 305 g/mol. The van der Waals surface area contributed by atoms with E-state index in [0.29, 0.717) is 22.8 Å². The second-order valence-corrected chi connectivity index (χ2v) is 4.25. The average Bonchev–Trinajstić information content (AvgIpc) is 2.98. The molecule has 0 radical (unpaired) electrons. The minimum atomic E-state index is -0.723. The van der Waals surface area contributed by atoms with E-state index in [1.54, 1.807) is 12.1 Å². The number of esters is 1. The van der Waals surface area contributed by atoms with Crippen LogP contribution in [0.4, 0.5) is 0 Å². The molecule has 0 spiro atoms. The van der Waals surface area contributed by atoms with Crippen molar-refractivity contribution in [3.8, 4) is 23.3 Å². The van der Waals surface area contributed by atoms with Gasteiger partial charge in [-0.1, -0.05) is 0 Å². The van der Waals surface area contributed by atoms with E-state index in [2.05, 4.69) is 0 Å². The standard InChI is InChI=1S/C15H15NO6/c1-18-3-4-20-15(17)11(8-16)5-10-6-13-14(22-9-21-13)7-12(10)19-2/h5-7H,3-4,9H2,1-2H3/b11-5-. The van der Waals surface area contributed by atoms with Gasteiger partial charge in [0.05, 0.1) is 13.7 Å². The van der Waals surface area contributed by atoms with Crippen LogP contribution in [-0.2, 0) is 14.3 Å². The highest BCUT2D eigenvalue weighted by atomic mass is 16.7. The van der Waals surface area contributed by atoms with Gasteiger partial charge in [0, 0.05) is 18.7 Å². The molecular weight excluding hydrogens is 290 g/mol. The number of rotatable bonds is 6. The van der Waals surface area contributed by atoms with Gasteiger partial charge >= 0.3 is 5.97 Å². The Balaban J connectivity index is 2.26. The van der Waals surface area contributed by atoms with Crippen molar-refractivity contribution >= 4 is 12.0 Å². The molecule has 7 heteroatoms. The zero-order chi connectivity index (χ0) is 15.9. The molecule has 0 saturated carbocycles. The van der Waals surface area contributed by atoms with Crippen LogP contribution in [0.25, 0.3) is 6.08 Å². The fourth-order valence-electron chi connectivity index (χ4n) is 1.82. The van der Waals surface area contributed by atoms with Gasteiger partial charge in [0.15, 0.2) is 11.5 Å². The van der Waals surface area contributed by atoms with E-state index >= 15 is 0 Å². The van der Waals surface area contributed by atoms with Gasteiger partial charge in [0.1, 0.15) is 24.0 Å². The first-order valence-corrected chi connectivity index (χ1v) is 6.45. The summed E-state index contributed by atoms with van der Waals surface area (Å²) in [6.45, 7) is 0.459. The van der Waals surface area contributed by atoms with Crippen LogP contribution in [0.2, 0.25) is 0 Å². The first-order valence-electron chi connectivity index (χ1n) is 6.45. The van der Waals surface area contributed by atoms with Crippen LogP contribution in [0.3, 0.4) is 0 Å². The Bertz CT molecular complexity index is 632. The molecule has 0 saturated heterocycles. The predicted octanol–water partition coefficient (Wildman–Crippen LogP) is 1.52. The van der Waals surface area contributed by atoms with E-state index in [9.17, 15) is 4.79 Å². The Morgan fingerprint density at radius 1 is 1.32 bits per heavy atom. The fraction of sp³-hybridized carbons (Fsp3) is 0.333. The van der Waals surface area contributed by atoms with Crippen LogP contribution in [0.1, 0.15) is 5.56 Å². The summed E-state index contributed by atoms with van der Waals surface area (Å²) in [6, 6.07) is 5.09. The first kappa shape index (κ1) is 15.7. The van der Waals surface area contributed by atoms with Crippen LogP contribution in [0, 0.1) is 11.3 Å². The van der Waals surface area contributed by atoms with Crippen LogP contribution in [-0.4, -0.2) is 40.2 Å². The van der Waals surface area contributed by atoms with E-state index in [1.165, 1.54) is 20.3 Å². The maximum atomic E-state index is 11.8. The van der Waals surface area contributed by atoms with Crippen LogP contribution in [0.5, 0.6) is 17.2 Å². The molecule has 1 heterocycles. The van der Waals surface area contributed by atoms with Gasteiger partial charge in [-0.3, -0.25) is 0 Å². The maximum absolute atomic E-state index is 11.8. The molecule has 0 amide bonds. The Morgan fingerprint density at radius 3 is 2.68 bits per heavy atom. The van der Waals surface area contributed by atoms with Crippen molar-refractivity contribution in [3.05, 3.63) is 23.3 Å². The Morgan fingerprint density at radius 2 is 2.05 bits per heavy atom. The zero-order valence-corrected chi connectivity index (χ0v) is 12.3. The number of hydrogen-bond acceptors (Lipinski definition) is 7. The summed E-state index contributed by atoms with van der Waals surface area (Å²) in [5.41, 5.74) is 0.375. The molecule has 1 aromatic rings. The second kappa shape index (κ2) is 7.33. The second-order valence-electron chi connectivity index (χ2n) is 4.25. The van der Waals surface area contributed by atoms with E-state index in [4.69, 9.17) is 28.9 Å². The molecule has 0 aromatic heterocycles. The molecule has 0 aliphatic carbocycles. The van der Waals surface area contributed by atoms with Gasteiger partial charge in [-0.05, 0) is 12.1 Å². The molecule has 1 aromatic carbocycles. The molecule has 116 valence electrons. The highest BCUT2D eigenvalue weighted by molar-refractivity contribution is 5.98. The molecule has 0 fully saturated rings. The van der Waals surface area contributed by atoms with Gasteiger partial charge < -0.3 is 23.7 Å². The van der Waals surface area contributed by atoms with Crippen molar-refractivity contribution in [2.45, 2.75) is 0 Å². The van der Waals surface area contributed by atoms with Gasteiger partial charge in [-0.15, -0.1) is 0 Å². The molecule has 0 bridgehead atoms. The quantitative estimate of drug-likeness (QED) is 0.341. The highest BCUT2D eigenvalue weighted by Crippen LogP contribution is 2.38. The lowest BCUT2D eigenvalue weighted by atomic mass is 10.1. The number of benzene rings is 1. The number of nitriles is 1. The number of carbonyl (C=O) groups is 1. The lowest BCUT2D eigenvalue weighted by Crippen LogP contribution is -2.11. The van der Waals surface area contributed by atoms with E-state index in [1.807, 2.05) is 6.07 Å². The predicted molar refractivity (Wildman–Crippen MR) is 75.5 cm³/mol. The van der Waals surface area contributed by atoms with Crippen LogP contribution in [0.15, 0.2) is 17.7 Å². The van der Waals surface area contributed by atoms with Crippen LogP contribution >= 0.6 is 0 Å². The maximum Gasteiger partial charge on any atom is 0.348 e. The van der Waals surface area contributed by atoms with Crippen LogP contribution < -0.4 is 14.2 Å². The van der Waals surface area contributed by atoms with Gasteiger partial charge in [0.2, 0.25) is 6.79 Å². The van der Waals surface area contributed by atoms with E-state index < -0.39 is 5.97 Å². The minimum Gasteiger partial charge on any atom is -0.496 e. The van der Waals surface area contributed by atoms with Crippen molar-refractivity contribution < 1.29 is 28.5 Å². The number of methoxy groups -OCH3 is 2. The largest absolute Gasteiger partial charge is 0.496 e. The molecule has 22 heavy (non-hydrogen) atoms. The summed E-state index contributed by atoms with van der Waals surface area (Å²) in [4.78, 5) is 11.8. The molecule has 0 unspecified atom stereocenters. The summed E-state index contributed by atoms with van der Waals surface area (Å²) < 4.78 is 25.5. The van der Waals surface area contributed by atoms with Gasteiger partial charge in [-0.25, -0.2) is 4.79 Å². The minimum absolute atomic E-state index is 0.0760. The Hall–Kier alpha value is -2.72. The smallest absolute Gasteiger partial charge is 0.348 e. The fourth-order valence-corrected chi connectivity index (χ4v) is 1.82.